The second-order valence-electron chi connectivity index (χ2n) is 25.5. The second kappa shape index (κ2) is 31.3. The van der Waals surface area contributed by atoms with Gasteiger partial charge in [0.05, 0.1) is 30.0 Å². The molecule has 1 aromatic heterocycles. The SMILES string of the molecule is CNC(C(=O)NC(C(=O)N(C)C(/C=C(\C)C(=O)O)C(C)C)C(C)(C)C)C(C)(C)c1cccc(NC(=O)OCc2ccc(OC3OC(C(=O)O)C(O)C(O)C3O)c(CNC(O)CCNC(=O)CCCCC(=O)N3Cc4ccccc4-c4c(nnn4C)-c4ccccc43)c2)c1. The first-order chi connectivity index (χ1) is 43.9. The van der Waals surface area contributed by atoms with Crippen LogP contribution in [0.2, 0.25) is 0 Å². The van der Waals surface area contributed by atoms with Crippen molar-refractivity contribution in [1.82, 2.24) is 41.2 Å². The molecule has 2 aliphatic rings. The van der Waals surface area contributed by atoms with Gasteiger partial charge in [0.2, 0.25) is 29.9 Å². The largest absolute Gasteiger partial charge is 0.479 e. The summed E-state index contributed by atoms with van der Waals surface area (Å²) in [7, 11) is 5.04. The summed E-state index contributed by atoms with van der Waals surface area (Å²) in [4.78, 5) is 95.8. The highest BCUT2D eigenvalue weighted by atomic mass is 16.7. The number of hydrogen-bond acceptors (Lipinski definition) is 18. The van der Waals surface area contributed by atoms with Crippen molar-refractivity contribution in [2.75, 3.05) is 30.9 Å². The first-order valence-electron chi connectivity index (χ1n) is 30.9. The number of aliphatic hydroxyl groups excluding tert-OH is 4. The normalized spacial score (nSPS) is 18.6. The summed E-state index contributed by atoms with van der Waals surface area (Å²) in [6, 6.07) is 24.2. The quantitative estimate of drug-likeness (QED) is 0.0185. The van der Waals surface area contributed by atoms with Gasteiger partial charge in [-0.2, -0.15) is 0 Å². The number of unbranched alkanes of at least 4 members (excludes halogenated alkanes) is 1. The number of hydrogen-bond donors (Lipinski definition) is 11. The van der Waals surface area contributed by atoms with Crippen LogP contribution in [0.15, 0.2) is 103 Å². The number of aliphatic carboxylic acids is 2. The number of ether oxygens (including phenoxy) is 3. The van der Waals surface area contributed by atoms with Crippen LogP contribution in [-0.4, -0.2) is 168 Å². The molecule has 0 radical (unpaired) electrons. The number of aromatic nitrogens is 3. The van der Waals surface area contributed by atoms with Crippen LogP contribution in [0.3, 0.4) is 0 Å². The number of amides is 5. The van der Waals surface area contributed by atoms with Gasteiger partial charge in [-0.3, -0.25) is 29.8 Å². The zero-order chi connectivity index (χ0) is 68.2. The molecule has 26 heteroatoms. The van der Waals surface area contributed by atoms with Gasteiger partial charge < -0.3 is 70.6 Å². The van der Waals surface area contributed by atoms with Crippen molar-refractivity contribution in [3.8, 4) is 28.3 Å². The molecule has 7 rings (SSSR count). The molecule has 9 unspecified atom stereocenters. The molecule has 26 nitrogen and oxygen atoms in total. The van der Waals surface area contributed by atoms with Crippen LogP contribution in [-0.2, 0) is 70.4 Å². The van der Waals surface area contributed by atoms with Crippen molar-refractivity contribution >= 4 is 53.0 Å². The first-order valence-corrected chi connectivity index (χ1v) is 30.9. The molecule has 0 aliphatic carbocycles. The highest BCUT2D eigenvalue weighted by Crippen LogP contribution is 2.41. The fourth-order valence-corrected chi connectivity index (χ4v) is 11.4. The molecule has 9 atom stereocenters. The van der Waals surface area contributed by atoms with Crippen LogP contribution in [0.5, 0.6) is 5.75 Å². The van der Waals surface area contributed by atoms with Gasteiger partial charge in [-0.05, 0) is 85.2 Å². The first kappa shape index (κ1) is 71.8. The van der Waals surface area contributed by atoms with Gasteiger partial charge in [-0.25, -0.2) is 19.1 Å². The lowest BCUT2D eigenvalue weighted by Crippen LogP contribution is -2.61. The molecule has 0 saturated carbocycles. The van der Waals surface area contributed by atoms with Crippen molar-refractivity contribution < 1.29 is 78.4 Å². The molecule has 2 aliphatic heterocycles. The smallest absolute Gasteiger partial charge is 0.411 e. The Hall–Kier alpha value is -8.63. The van der Waals surface area contributed by atoms with Gasteiger partial charge in [-0.15, -0.1) is 5.10 Å². The summed E-state index contributed by atoms with van der Waals surface area (Å²) in [5, 5.41) is 85.3. The number of para-hydroxylation sites is 1. The standard InChI is InChI=1S/C67H88N10O16/c1-37(2)47(31-38(3)62(86)87)75(10)61(85)59(66(4,5)6)72-60(84)58(68-9)67(7,8)42-20-18-21-43(33-42)71-65(90)91-36-39-27-28-48(92-64-56(83)54(81)55(82)57(93-64)63(88)89)41(32-39)34-70-50(79)29-30-69-49(78)25-16-17-26-51(80)77-35-40-19-12-13-22-44(40)53-52(73-74-76(53)11)45-23-14-15-24-46(45)77/h12-15,18-24,27-28,31-33,37,47,50,54-59,64,68,70,79,81-83H,16-17,25-26,29-30,34-36H2,1-11H3,(H,69,78)(H,71,90)(H,72,84)(H,86,87)(H,88,89)/b38-31+. The number of fused-ring (bicyclic) bond motifs is 5. The van der Waals surface area contributed by atoms with Crippen LogP contribution >= 0.6 is 0 Å². The predicted molar refractivity (Wildman–Crippen MR) is 344 cm³/mol. The fraction of sp³-hybridized carbons (Fsp3) is 0.478. The Morgan fingerprint density at radius 3 is 2.22 bits per heavy atom. The van der Waals surface area contributed by atoms with E-state index in [-0.39, 0.29) is 73.6 Å². The number of carbonyl (C=O) groups excluding carboxylic acids is 5. The predicted octanol–water partition coefficient (Wildman–Crippen LogP) is 5.10. The fourth-order valence-electron chi connectivity index (χ4n) is 11.4. The van der Waals surface area contributed by atoms with E-state index in [9.17, 15) is 64.2 Å². The maximum absolute atomic E-state index is 14.3. The van der Waals surface area contributed by atoms with E-state index in [1.54, 1.807) is 54.0 Å². The summed E-state index contributed by atoms with van der Waals surface area (Å²) in [6.45, 7) is 14.3. The summed E-state index contributed by atoms with van der Waals surface area (Å²) < 4.78 is 18.7. The Bertz CT molecular complexity index is 3530. The summed E-state index contributed by atoms with van der Waals surface area (Å²) in [5.74, 6) is -4.17. The number of rotatable bonds is 27. The van der Waals surface area contributed by atoms with E-state index in [1.807, 2.05) is 104 Å². The highest BCUT2D eigenvalue weighted by molar-refractivity contribution is 6.00. The van der Waals surface area contributed by atoms with Crippen molar-refractivity contribution in [3.63, 3.8) is 0 Å². The van der Waals surface area contributed by atoms with Gasteiger partial charge in [0.1, 0.15) is 48.6 Å². The van der Waals surface area contributed by atoms with Crippen molar-refractivity contribution in [1.29, 1.82) is 0 Å². The molecule has 4 aromatic carbocycles. The lowest BCUT2D eigenvalue weighted by Gasteiger charge is -2.40. The lowest BCUT2D eigenvalue weighted by atomic mass is 9.76. The third-order valence-electron chi connectivity index (χ3n) is 16.8. The summed E-state index contributed by atoms with van der Waals surface area (Å²) in [5.41, 5.74) is 4.88. The van der Waals surface area contributed by atoms with E-state index >= 15 is 0 Å². The van der Waals surface area contributed by atoms with E-state index < -0.39 is 95.7 Å². The van der Waals surface area contributed by atoms with Crippen LogP contribution in [0.4, 0.5) is 16.2 Å². The van der Waals surface area contributed by atoms with Gasteiger partial charge in [0.15, 0.2) is 6.10 Å². The molecule has 5 aromatic rings. The molecule has 0 spiro atoms. The lowest BCUT2D eigenvalue weighted by molar-refractivity contribution is -0.271. The van der Waals surface area contributed by atoms with Crippen LogP contribution < -0.4 is 36.2 Å². The average molecular weight is 1290 g/mol. The number of anilines is 2. The van der Waals surface area contributed by atoms with Crippen molar-refractivity contribution in [3.05, 3.63) is 125 Å². The Labute approximate surface area is 540 Å². The minimum Gasteiger partial charge on any atom is -0.479 e. The zero-order valence-corrected chi connectivity index (χ0v) is 54.4. The number of nitrogens with one attached hydrogen (secondary N) is 5. The maximum atomic E-state index is 14.3. The number of carboxylic acid groups (broad SMARTS) is 2. The topological polar surface area (TPSA) is 366 Å². The van der Waals surface area contributed by atoms with Crippen LogP contribution in [0.1, 0.15) is 110 Å². The minimum atomic E-state index is -1.98. The molecular weight excluding hydrogens is 1200 g/mol. The summed E-state index contributed by atoms with van der Waals surface area (Å²) in [6.07, 6.45) is -8.94. The van der Waals surface area contributed by atoms with E-state index in [0.717, 1.165) is 22.4 Å². The maximum Gasteiger partial charge on any atom is 0.411 e. The van der Waals surface area contributed by atoms with E-state index in [1.165, 1.54) is 30.0 Å². The van der Waals surface area contributed by atoms with Crippen LogP contribution in [0.25, 0.3) is 22.5 Å². The zero-order valence-electron chi connectivity index (χ0n) is 54.4. The summed E-state index contributed by atoms with van der Waals surface area (Å²) >= 11 is 0. The number of aliphatic hydroxyl groups is 4. The average Bonchev–Trinajstić information content (AvgIpc) is 1.70. The molecule has 11 N–H and O–H groups in total. The van der Waals surface area contributed by atoms with Crippen molar-refractivity contribution in [2.45, 2.75) is 168 Å². The van der Waals surface area contributed by atoms with E-state index in [2.05, 4.69) is 36.9 Å². The third-order valence-corrected chi connectivity index (χ3v) is 16.8. The molecule has 0 bridgehead atoms. The number of nitrogens with zero attached hydrogens (tertiary/aromatic N) is 5. The van der Waals surface area contributed by atoms with Crippen LogP contribution in [0, 0.1) is 11.3 Å². The molecule has 502 valence electrons. The Morgan fingerprint density at radius 1 is 0.849 bits per heavy atom. The second-order valence-corrected chi connectivity index (χ2v) is 25.5. The molecular formula is C67H88N10O16. The van der Waals surface area contributed by atoms with Gasteiger partial charge in [-0.1, -0.05) is 120 Å². The Balaban J connectivity index is 0.950. The Kier molecular flexibility index (Phi) is 24.2. The van der Waals surface area contributed by atoms with Gasteiger partial charge in [0.25, 0.3) is 0 Å². The minimum absolute atomic E-state index is 0.00689. The van der Waals surface area contributed by atoms with E-state index in [0.29, 0.717) is 47.6 Å². The number of benzene rings is 4. The van der Waals surface area contributed by atoms with Gasteiger partial charge in [0, 0.05) is 79.8 Å². The number of carbonyl (C=O) groups is 7. The molecule has 3 heterocycles. The number of aryl methyl sites for hydroxylation is 1. The number of likely N-dealkylation sites (N-methyl/N-ethyl adjacent to an activating group) is 2. The highest BCUT2D eigenvalue weighted by Gasteiger charge is 2.48. The molecule has 5 amide bonds. The van der Waals surface area contributed by atoms with E-state index in [4.69, 9.17) is 14.2 Å². The third kappa shape index (κ3) is 17.7. The number of carboxylic acids is 2. The Morgan fingerprint density at radius 2 is 1.54 bits per heavy atom. The molecule has 1 fully saturated rings. The monoisotopic (exact) mass is 1290 g/mol. The molecule has 1 saturated heterocycles. The molecule has 93 heavy (non-hydrogen) atoms. The van der Waals surface area contributed by atoms with Crippen molar-refractivity contribution in [2.24, 2.45) is 18.4 Å². The van der Waals surface area contributed by atoms with Gasteiger partial charge >= 0.3 is 18.0 Å².